The van der Waals surface area contributed by atoms with Gasteiger partial charge in [0.1, 0.15) is 0 Å². The van der Waals surface area contributed by atoms with Crippen LogP contribution in [0, 0.1) is 0 Å². The van der Waals surface area contributed by atoms with E-state index in [1.54, 1.807) is 0 Å². The van der Waals surface area contributed by atoms with Crippen molar-refractivity contribution in [1.29, 1.82) is 0 Å². The topological polar surface area (TPSA) is 57.5 Å². The van der Waals surface area contributed by atoms with E-state index in [-0.39, 0.29) is 13.1 Å². The fourth-order valence-electron chi connectivity index (χ4n) is 1.34. The Labute approximate surface area is 87.6 Å². The number of fused-ring (bicyclic) bond motifs is 1. The van der Waals surface area contributed by atoms with E-state index in [0.29, 0.717) is 0 Å². The average Bonchev–Trinajstić information content (AvgIpc) is 2.29. The first-order valence-electron chi connectivity index (χ1n) is 4.48. The molecule has 2 aromatic carbocycles. The van der Waals surface area contributed by atoms with Crippen LogP contribution in [0.3, 0.4) is 0 Å². The molecule has 0 heterocycles. The van der Waals surface area contributed by atoms with Crippen LogP contribution in [-0.4, -0.2) is 16.7 Å². The highest BCUT2D eigenvalue weighted by atomic mass is 16.3. The predicted molar refractivity (Wildman–Crippen MR) is 58.6 cm³/mol. The van der Waals surface area contributed by atoms with Crippen molar-refractivity contribution in [3.05, 3.63) is 48.0 Å². The molecule has 0 unspecified atom stereocenters. The summed E-state index contributed by atoms with van der Waals surface area (Å²) in [5, 5.41) is 18.2. The molecule has 0 aromatic heterocycles. The summed E-state index contributed by atoms with van der Waals surface area (Å²) in [6.07, 6.45) is 0. The highest BCUT2D eigenvalue weighted by molar-refractivity contribution is 5.82. The predicted octanol–water partition coefficient (Wildman–Crippen LogP) is 2.03. The van der Waals surface area contributed by atoms with Gasteiger partial charge in [-0.15, -0.1) is 0 Å². The van der Waals surface area contributed by atoms with Gasteiger partial charge in [-0.1, -0.05) is 36.4 Å². The highest BCUT2D eigenvalue weighted by Crippen LogP contribution is 2.15. The summed E-state index contributed by atoms with van der Waals surface area (Å²) in [4.78, 5) is 8.36. The second-order valence-electron chi connectivity index (χ2n) is 2.95. The number of hydrogen-bond donors (Lipinski definition) is 2. The van der Waals surface area contributed by atoms with Crippen LogP contribution in [0.2, 0.25) is 0 Å². The first kappa shape index (κ1) is 11.2. The Morgan fingerprint density at radius 3 is 2.27 bits per heavy atom. The number of aliphatic hydroxyl groups is 1. The van der Waals surface area contributed by atoms with Crippen LogP contribution >= 0.6 is 0 Å². The van der Waals surface area contributed by atoms with E-state index in [1.807, 2.05) is 30.3 Å². The van der Waals surface area contributed by atoms with Gasteiger partial charge in [-0.25, -0.2) is 0 Å². The molecule has 78 valence electrons. The van der Waals surface area contributed by atoms with E-state index in [2.05, 4.69) is 12.1 Å². The molecule has 0 fully saturated rings. The average molecular weight is 204 g/mol. The molecule has 0 radical (unpaired) electrons. The Balaban J connectivity index is 0.000000337. The molecule has 0 saturated carbocycles. The molecule has 2 N–H and O–H groups in total. The minimum Gasteiger partial charge on any atom is -0.483 e. The van der Waals surface area contributed by atoms with Crippen molar-refractivity contribution in [2.45, 2.75) is 6.61 Å². The third kappa shape index (κ3) is 3.07. The van der Waals surface area contributed by atoms with Crippen molar-refractivity contribution in [3.63, 3.8) is 0 Å². The number of carbonyl (C=O) groups is 1. The van der Waals surface area contributed by atoms with Crippen molar-refractivity contribution < 1.29 is 15.0 Å². The Morgan fingerprint density at radius 2 is 1.67 bits per heavy atom. The lowest BCUT2D eigenvalue weighted by Crippen LogP contribution is -1.81. The number of benzene rings is 2. The number of aliphatic hydroxyl groups excluding tert-OH is 1. The lowest BCUT2D eigenvalue weighted by Gasteiger charge is -1.99. The van der Waals surface area contributed by atoms with E-state index in [4.69, 9.17) is 15.0 Å². The SMILES string of the molecule is O=CO.OCc1ccc2ccccc2c1. The van der Waals surface area contributed by atoms with Crippen LogP contribution in [0.1, 0.15) is 5.56 Å². The minimum absolute atomic E-state index is 0.116. The zero-order valence-electron chi connectivity index (χ0n) is 8.13. The van der Waals surface area contributed by atoms with E-state index in [0.717, 1.165) is 5.56 Å². The van der Waals surface area contributed by atoms with Crippen LogP contribution in [-0.2, 0) is 11.4 Å². The quantitative estimate of drug-likeness (QED) is 0.699. The zero-order chi connectivity index (χ0) is 11.1. The van der Waals surface area contributed by atoms with E-state index in [1.165, 1.54) is 10.8 Å². The molecule has 0 aliphatic carbocycles. The fraction of sp³-hybridized carbons (Fsp3) is 0.0833. The summed E-state index contributed by atoms with van der Waals surface area (Å²) in [7, 11) is 0. The summed E-state index contributed by atoms with van der Waals surface area (Å²) >= 11 is 0. The van der Waals surface area contributed by atoms with Crippen LogP contribution in [0.25, 0.3) is 10.8 Å². The van der Waals surface area contributed by atoms with Gasteiger partial charge in [0.05, 0.1) is 6.61 Å². The van der Waals surface area contributed by atoms with Gasteiger partial charge in [-0.3, -0.25) is 4.79 Å². The first-order valence-corrected chi connectivity index (χ1v) is 4.48. The number of rotatable bonds is 1. The third-order valence-corrected chi connectivity index (χ3v) is 2.00. The van der Waals surface area contributed by atoms with Gasteiger partial charge >= 0.3 is 0 Å². The summed E-state index contributed by atoms with van der Waals surface area (Å²) in [6, 6.07) is 14.1. The van der Waals surface area contributed by atoms with Crippen LogP contribution < -0.4 is 0 Å². The van der Waals surface area contributed by atoms with Crippen LogP contribution in [0.5, 0.6) is 0 Å². The van der Waals surface area contributed by atoms with Gasteiger partial charge in [0.25, 0.3) is 6.47 Å². The van der Waals surface area contributed by atoms with Crippen molar-refractivity contribution in [1.82, 2.24) is 0 Å². The maximum absolute atomic E-state index is 8.90. The smallest absolute Gasteiger partial charge is 0.290 e. The lowest BCUT2D eigenvalue weighted by atomic mass is 10.1. The first-order chi connectivity index (χ1) is 7.31. The standard InChI is InChI=1S/C11H10O.CH2O2/c12-8-9-5-6-10-3-1-2-4-11(10)7-9;2-1-3/h1-7,12H,8H2;1H,(H,2,3). The van der Waals surface area contributed by atoms with Crippen molar-refractivity contribution in [2.24, 2.45) is 0 Å². The summed E-state index contributed by atoms with van der Waals surface area (Å²) in [5.74, 6) is 0. The highest BCUT2D eigenvalue weighted by Gasteiger charge is 1.92. The molecule has 3 nitrogen and oxygen atoms in total. The monoisotopic (exact) mass is 204 g/mol. The van der Waals surface area contributed by atoms with Crippen LogP contribution in [0.4, 0.5) is 0 Å². The molecular formula is C12H12O3. The summed E-state index contributed by atoms with van der Waals surface area (Å²) < 4.78 is 0. The van der Waals surface area contributed by atoms with E-state index < -0.39 is 0 Å². The Hall–Kier alpha value is -1.87. The van der Waals surface area contributed by atoms with Gasteiger partial charge in [0.15, 0.2) is 0 Å². The molecular weight excluding hydrogens is 192 g/mol. The summed E-state index contributed by atoms with van der Waals surface area (Å²) in [6.45, 7) is -0.134. The largest absolute Gasteiger partial charge is 0.483 e. The molecule has 0 aliphatic heterocycles. The molecule has 0 amide bonds. The fourth-order valence-corrected chi connectivity index (χ4v) is 1.34. The second-order valence-corrected chi connectivity index (χ2v) is 2.95. The maximum Gasteiger partial charge on any atom is 0.290 e. The van der Waals surface area contributed by atoms with Crippen molar-refractivity contribution >= 4 is 17.2 Å². The van der Waals surface area contributed by atoms with E-state index >= 15 is 0 Å². The van der Waals surface area contributed by atoms with Gasteiger partial charge in [-0.05, 0) is 22.4 Å². The van der Waals surface area contributed by atoms with Crippen molar-refractivity contribution in [3.8, 4) is 0 Å². The lowest BCUT2D eigenvalue weighted by molar-refractivity contribution is -0.122. The molecule has 0 saturated heterocycles. The zero-order valence-corrected chi connectivity index (χ0v) is 8.13. The summed E-state index contributed by atoms with van der Waals surface area (Å²) in [5.41, 5.74) is 0.966. The molecule has 15 heavy (non-hydrogen) atoms. The molecule has 2 rings (SSSR count). The number of carboxylic acid groups (broad SMARTS) is 1. The minimum atomic E-state index is -0.250. The van der Waals surface area contributed by atoms with Gasteiger partial charge in [-0.2, -0.15) is 0 Å². The maximum atomic E-state index is 8.90. The molecule has 2 aromatic rings. The van der Waals surface area contributed by atoms with Gasteiger partial charge in [0.2, 0.25) is 0 Å². The third-order valence-electron chi connectivity index (χ3n) is 2.00. The molecule has 0 aliphatic rings. The molecule has 0 spiro atoms. The Morgan fingerprint density at radius 1 is 1.07 bits per heavy atom. The van der Waals surface area contributed by atoms with Gasteiger partial charge < -0.3 is 10.2 Å². The second kappa shape index (κ2) is 5.78. The van der Waals surface area contributed by atoms with E-state index in [9.17, 15) is 0 Å². The normalized spacial score (nSPS) is 9.13. The Bertz CT molecular complexity index is 438. The van der Waals surface area contributed by atoms with Crippen molar-refractivity contribution in [2.75, 3.05) is 0 Å². The Kier molecular flexibility index (Phi) is 4.31. The van der Waals surface area contributed by atoms with Gasteiger partial charge in [0, 0.05) is 0 Å². The molecule has 0 bridgehead atoms. The molecule has 0 atom stereocenters. The molecule has 3 heteroatoms. The number of hydrogen-bond acceptors (Lipinski definition) is 2. The van der Waals surface area contributed by atoms with Crippen LogP contribution in [0.15, 0.2) is 42.5 Å².